The molecule has 1 saturated heterocycles. The highest BCUT2D eigenvalue weighted by molar-refractivity contribution is 5.43. The van der Waals surface area contributed by atoms with Crippen LogP contribution in [0.1, 0.15) is 50.3 Å². The Balaban J connectivity index is 1.49. The summed E-state index contributed by atoms with van der Waals surface area (Å²) in [6.07, 6.45) is 0.199. The second-order valence-corrected chi connectivity index (χ2v) is 8.02. The molecule has 2 aromatic rings. The number of nitrogens with zero attached hydrogens (tertiary/aromatic N) is 4. The lowest BCUT2D eigenvalue weighted by Crippen LogP contribution is -2.30. The number of ether oxygens (including phenoxy) is 2. The molecule has 0 unspecified atom stereocenters. The molecule has 3 heterocycles. The van der Waals surface area contributed by atoms with E-state index in [0.29, 0.717) is 31.6 Å². The summed E-state index contributed by atoms with van der Waals surface area (Å²) < 4.78 is 52.6. The molecule has 160 valence electrons. The minimum atomic E-state index is -4.12. The Kier molecular flexibility index (Phi) is 5.54. The van der Waals surface area contributed by atoms with Crippen LogP contribution in [0.4, 0.5) is 13.2 Å². The van der Waals surface area contributed by atoms with Gasteiger partial charge in [0.2, 0.25) is 0 Å². The third-order valence-corrected chi connectivity index (χ3v) is 6.10. The maximum Gasteiger partial charge on any atom is 0.391 e. The predicted octanol–water partition coefficient (Wildman–Crippen LogP) is 3.07. The topological polar surface area (TPSA) is 70.7 Å². The third-order valence-electron chi connectivity index (χ3n) is 6.10. The van der Waals surface area contributed by atoms with Crippen molar-refractivity contribution in [3.63, 3.8) is 0 Å². The second-order valence-electron chi connectivity index (χ2n) is 8.02. The fourth-order valence-electron chi connectivity index (χ4n) is 4.23. The molecule has 1 saturated carbocycles. The van der Waals surface area contributed by atoms with E-state index in [1.54, 1.807) is 11.6 Å². The van der Waals surface area contributed by atoms with Crippen LogP contribution >= 0.6 is 0 Å². The van der Waals surface area contributed by atoms with Crippen molar-refractivity contribution >= 4 is 5.52 Å². The molecule has 0 spiro atoms. The zero-order valence-corrected chi connectivity index (χ0v) is 16.3. The van der Waals surface area contributed by atoms with E-state index in [1.165, 1.54) is 10.8 Å². The Hall–Kier alpha value is -2.10. The molecule has 2 fully saturated rings. The second kappa shape index (κ2) is 7.97. The van der Waals surface area contributed by atoms with Gasteiger partial charge in [-0.3, -0.25) is 9.36 Å². The van der Waals surface area contributed by atoms with Gasteiger partial charge in [0.25, 0.3) is 5.56 Å². The van der Waals surface area contributed by atoms with Crippen LogP contribution in [0.3, 0.4) is 0 Å². The molecule has 2 aliphatic rings. The van der Waals surface area contributed by atoms with Crippen molar-refractivity contribution in [1.29, 1.82) is 0 Å². The first-order valence-electron chi connectivity index (χ1n) is 10.1. The summed E-state index contributed by atoms with van der Waals surface area (Å²) in [6.45, 7) is 1.54. The quantitative estimate of drug-likeness (QED) is 0.769. The summed E-state index contributed by atoms with van der Waals surface area (Å²) in [4.78, 5) is 17.1. The van der Waals surface area contributed by atoms with E-state index >= 15 is 0 Å². The van der Waals surface area contributed by atoms with Gasteiger partial charge >= 0.3 is 12.2 Å². The normalized spacial score (nSPS) is 24.1. The number of alkyl halides is 3. The summed E-state index contributed by atoms with van der Waals surface area (Å²) in [7, 11) is 1.58. The van der Waals surface area contributed by atoms with Gasteiger partial charge in [0.05, 0.1) is 18.7 Å². The third kappa shape index (κ3) is 4.12. The lowest BCUT2D eigenvalue weighted by atomic mass is 9.82. The molecule has 1 aliphatic carbocycles. The molecule has 4 rings (SSSR count). The van der Waals surface area contributed by atoms with Crippen LogP contribution in [0.5, 0.6) is 6.01 Å². The Labute approximate surface area is 165 Å². The molecule has 0 bridgehead atoms. The van der Waals surface area contributed by atoms with E-state index < -0.39 is 12.1 Å². The van der Waals surface area contributed by atoms with Crippen LogP contribution in [0.2, 0.25) is 0 Å². The van der Waals surface area contributed by atoms with E-state index in [2.05, 4.69) is 10.1 Å². The molecule has 0 amide bonds. The van der Waals surface area contributed by atoms with Crippen LogP contribution in [-0.2, 0) is 11.8 Å². The highest BCUT2D eigenvalue weighted by Gasteiger charge is 2.41. The average molecular weight is 414 g/mol. The zero-order valence-electron chi connectivity index (χ0n) is 16.3. The molecule has 1 aliphatic heterocycles. The van der Waals surface area contributed by atoms with E-state index in [9.17, 15) is 18.0 Å². The van der Waals surface area contributed by atoms with E-state index in [4.69, 9.17) is 9.47 Å². The monoisotopic (exact) mass is 414 g/mol. The van der Waals surface area contributed by atoms with Gasteiger partial charge in [-0.2, -0.15) is 13.2 Å². The first-order chi connectivity index (χ1) is 13.8. The summed E-state index contributed by atoms with van der Waals surface area (Å²) in [5, 5.41) is 4.48. The molecule has 0 N–H and O–H groups in total. The Bertz CT molecular complexity index is 910. The average Bonchev–Trinajstić information content (AvgIpc) is 3.14. The molecule has 0 aromatic carbocycles. The van der Waals surface area contributed by atoms with Crippen LogP contribution in [0.15, 0.2) is 11.0 Å². The Morgan fingerprint density at radius 3 is 2.52 bits per heavy atom. The lowest BCUT2D eigenvalue weighted by Gasteiger charge is -2.29. The first kappa shape index (κ1) is 20.2. The van der Waals surface area contributed by atoms with Crippen LogP contribution in [0, 0.1) is 11.8 Å². The van der Waals surface area contributed by atoms with Crippen molar-refractivity contribution in [1.82, 2.24) is 19.2 Å². The van der Waals surface area contributed by atoms with Gasteiger partial charge in [0, 0.05) is 26.2 Å². The molecule has 0 atom stereocenters. The maximum atomic E-state index is 12.8. The largest absolute Gasteiger partial charge is 0.463 e. The van der Waals surface area contributed by atoms with Crippen molar-refractivity contribution in [3.8, 4) is 6.01 Å². The molecule has 2 aromatic heterocycles. The standard InChI is InChI=1S/C19H25F3N4O3/c1-25-17(27)15-10-23-16(13-6-8-28-9-7-13)26(15)24-18(25)29-11-12-2-4-14(5-3-12)19(20,21)22/h10,12-14H,2-9,11H2,1H3. The van der Waals surface area contributed by atoms with E-state index in [0.717, 1.165) is 18.7 Å². The van der Waals surface area contributed by atoms with Gasteiger partial charge < -0.3 is 9.47 Å². The highest BCUT2D eigenvalue weighted by atomic mass is 19.4. The Morgan fingerprint density at radius 1 is 1.17 bits per heavy atom. The van der Waals surface area contributed by atoms with Crippen molar-refractivity contribution in [2.75, 3.05) is 19.8 Å². The van der Waals surface area contributed by atoms with Crippen molar-refractivity contribution in [2.45, 2.75) is 50.6 Å². The number of halogens is 3. The fourth-order valence-corrected chi connectivity index (χ4v) is 4.23. The molecule has 7 nitrogen and oxygen atoms in total. The summed E-state index contributed by atoms with van der Waals surface area (Å²) in [6, 6.07) is 0.159. The first-order valence-corrected chi connectivity index (χ1v) is 10.1. The smallest absolute Gasteiger partial charge is 0.391 e. The minimum Gasteiger partial charge on any atom is -0.463 e. The molecule has 10 heteroatoms. The van der Waals surface area contributed by atoms with E-state index in [1.807, 2.05) is 0 Å². The van der Waals surface area contributed by atoms with Crippen molar-refractivity contribution < 1.29 is 22.6 Å². The van der Waals surface area contributed by atoms with Crippen LogP contribution in [-0.4, -0.2) is 45.2 Å². The number of hydrogen-bond donors (Lipinski definition) is 0. The van der Waals surface area contributed by atoms with Crippen LogP contribution < -0.4 is 10.3 Å². The number of rotatable bonds is 4. The maximum absolute atomic E-state index is 12.8. The summed E-state index contributed by atoms with van der Waals surface area (Å²) in [5.41, 5.74) is 0.119. The lowest BCUT2D eigenvalue weighted by molar-refractivity contribution is -0.184. The van der Waals surface area contributed by atoms with Gasteiger partial charge in [-0.25, -0.2) is 9.50 Å². The highest BCUT2D eigenvalue weighted by Crippen LogP contribution is 2.39. The van der Waals surface area contributed by atoms with E-state index in [-0.39, 0.29) is 42.9 Å². The summed E-state index contributed by atoms with van der Waals surface area (Å²) in [5.74, 6) is -0.308. The van der Waals surface area contributed by atoms with Crippen molar-refractivity contribution in [2.24, 2.45) is 18.9 Å². The molecule has 29 heavy (non-hydrogen) atoms. The number of fused-ring (bicyclic) bond motifs is 1. The van der Waals surface area contributed by atoms with Gasteiger partial charge in [-0.1, -0.05) is 0 Å². The molecular formula is C19H25F3N4O3. The zero-order chi connectivity index (χ0) is 20.6. The molecular weight excluding hydrogens is 389 g/mol. The van der Waals surface area contributed by atoms with Gasteiger partial charge in [0.15, 0.2) is 5.52 Å². The van der Waals surface area contributed by atoms with Gasteiger partial charge in [0.1, 0.15) is 5.82 Å². The van der Waals surface area contributed by atoms with Crippen LogP contribution in [0.25, 0.3) is 5.52 Å². The fraction of sp³-hybridized carbons (Fsp3) is 0.737. The van der Waals surface area contributed by atoms with Gasteiger partial charge in [-0.15, -0.1) is 5.10 Å². The summed E-state index contributed by atoms with van der Waals surface area (Å²) >= 11 is 0. The number of aromatic nitrogens is 4. The predicted molar refractivity (Wildman–Crippen MR) is 98.0 cm³/mol. The molecule has 0 radical (unpaired) electrons. The number of imidazole rings is 1. The SMILES string of the molecule is Cn1c(OCC2CCC(C(F)(F)F)CC2)nn2c(C3CCOCC3)ncc2c1=O. The number of hydrogen-bond acceptors (Lipinski definition) is 5. The van der Waals surface area contributed by atoms with Gasteiger partial charge in [-0.05, 0) is 44.4 Å². The van der Waals surface area contributed by atoms with Crippen molar-refractivity contribution in [3.05, 3.63) is 22.4 Å². The minimum absolute atomic E-state index is 0.0268. The Morgan fingerprint density at radius 2 is 1.86 bits per heavy atom.